The van der Waals surface area contributed by atoms with Crippen molar-refractivity contribution in [3.05, 3.63) is 0 Å². The zero-order chi connectivity index (χ0) is 9.97. The lowest BCUT2D eigenvalue weighted by atomic mass is 9.94. The van der Waals surface area contributed by atoms with Gasteiger partial charge in [0.15, 0.2) is 0 Å². The minimum absolute atomic E-state index is 0.101. The third-order valence-corrected chi connectivity index (χ3v) is 3.21. The highest BCUT2D eigenvalue weighted by Crippen LogP contribution is 2.24. The van der Waals surface area contributed by atoms with Gasteiger partial charge >= 0.3 is 6.03 Å². The summed E-state index contributed by atoms with van der Waals surface area (Å²) in [5, 5.41) is 6.34. The quantitative estimate of drug-likeness (QED) is 0.639. The first-order valence-electron chi connectivity index (χ1n) is 5.57. The highest BCUT2D eigenvalue weighted by Gasteiger charge is 2.35. The van der Waals surface area contributed by atoms with Gasteiger partial charge in [0.05, 0.1) is 0 Å². The van der Waals surface area contributed by atoms with E-state index in [1.165, 1.54) is 12.8 Å². The van der Waals surface area contributed by atoms with Gasteiger partial charge < -0.3 is 15.5 Å². The molecule has 14 heavy (non-hydrogen) atoms. The van der Waals surface area contributed by atoms with E-state index in [2.05, 4.69) is 10.6 Å². The zero-order valence-corrected chi connectivity index (χ0v) is 8.75. The Morgan fingerprint density at radius 2 is 2.43 bits per heavy atom. The molecule has 0 aromatic rings. The lowest BCUT2D eigenvalue weighted by molar-refractivity contribution is 0.207. The zero-order valence-electron chi connectivity index (χ0n) is 8.75. The summed E-state index contributed by atoms with van der Waals surface area (Å²) < 4.78 is 0. The van der Waals surface area contributed by atoms with Crippen LogP contribution in [0.4, 0.5) is 4.79 Å². The fourth-order valence-corrected chi connectivity index (χ4v) is 2.48. The van der Waals surface area contributed by atoms with Crippen LogP contribution in [0.15, 0.2) is 0 Å². The van der Waals surface area contributed by atoms with Crippen LogP contribution in [0.25, 0.3) is 0 Å². The van der Waals surface area contributed by atoms with Crippen LogP contribution in [0, 0.1) is 5.92 Å². The number of nitrogens with one attached hydrogen (secondary N) is 2. The maximum Gasteiger partial charge on any atom is 0.317 e. The Kier molecular flexibility index (Phi) is 2.91. The lowest BCUT2D eigenvalue weighted by Crippen LogP contribution is -2.42. The van der Waals surface area contributed by atoms with Gasteiger partial charge in [-0.25, -0.2) is 4.79 Å². The van der Waals surface area contributed by atoms with Crippen LogP contribution in [0.2, 0.25) is 0 Å². The first-order valence-corrected chi connectivity index (χ1v) is 5.57. The molecule has 80 valence electrons. The first kappa shape index (κ1) is 9.77. The van der Waals surface area contributed by atoms with Gasteiger partial charge in [-0.2, -0.15) is 0 Å². The van der Waals surface area contributed by atoms with E-state index in [0.717, 1.165) is 26.2 Å². The van der Waals surface area contributed by atoms with Gasteiger partial charge in [0.1, 0.15) is 0 Å². The molecule has 0 spiro atoms. The van der Waals surface area contributed by atoms with Crippen molar-refractivity contribution in [3.8, 4) is 0 Å². The van der Waals surface area contributed by atoms with Crippen LogP contribution >= 0.6 is 0 Å². The number of carbonyl (C=O) groups excluding carboxylic acids is 1. The van der Waals surface area contributed by atoms with Gasteiger partial charge in [-0.05, 0) is 32.2 Å². The maximum absolute atomic E-state index is 11.6. The summed E-state index contributed by atoms with van der Waals surface area (Å²) >= 11 is 0. The van der Waals surface area contributed by atoms with Crippen LogP contribution in [0.1, 0.15) is 19.8 Å². The molecule has 0 unspecified atom stereocenters. The van der Waals surface area contributed by atoms with E-state index in [1.54, 1.807) is 0 Å². The van der Waals surface area contributed by atoms with E-state index in [4.69, 9.17) is 0 Å². The van der Waals surface area contributed by atoms with Gasteiger partial charge in [0, 0.05) is 25.7 Å². The number of amides is 2. The topological polar surface area (TPSA) is 44.4 Å². The number of piperidine rings is 1. The van der Waals surface area contributed by atoms with Crippen molar-refractivity contribution in [2.45, 2.75) is 25.8 Å². The summed E-state index contributed by atoms with van der Waals surface area (Å²) in [5.74, 6) is 0.686. The molecule has 0 aromatic carbocycles. The molecule has 2 saturated heterocycles. The average Bonchev–Trinajstić information content (AvgIpc) is 2.61. The van der Waals surface area contributed by atoms with E-state index >= 15 is 0 Å². The Labute approximate surface area is 85.0 Å². The van der Waals surface area contributed by atoms with Crippen molar-refractivity contribution < 1.29 is 4.79 Å². The van der Waals surface area contributed by atoms with E-state index in [9.17, 15) is 4.79 Å². The van der Waals surface area contributed by atoms with Crippen LogP contribution in [0.5, 0.6) is 0 Å². The second-order valence-corrected chi connectivity index (χ2v) is 4.20. The molecule has 2 atom stereocenters. The second kappa shape index (κ2) is 4.17. The largest absolute Gasteiger partial charge is 0.338 e. The number of nitrogens with zero attached hydrogens (tertiary/aromatic N) is 1. The fourth-order valence-electron chi connectivity index (χ4n) is 2.48. The SMILES string of the molecule is CCNC(=O)N1C[C@@H]2CCCN[C@@H]2C1. The number of hydrogen-bond acceptors (Lipinski definition) is 2. The molecule has 0 radical (unpaired) electrons. The number of urea groups is 1. The minimum atomic E-state index is 0.101. The Balaban J connectivity index is 1.89. The molecule has 2 heterocycles. The predicted octanol–water partition coefficient (Wildman–Crippen LogP) is 0.400. The smallest absolute Gasteiger partial charge is 0.317 e. The number of carbonyl (C=O) groups is 1. The van der Waals surface area contributed by atoms with Crippen LogP contribution in [-0.2, 0) is 0 Å². The molecule has 0 saturated carbocycles. The molecule has 2 amide bonds. The highest BCUT2D eigenvalue weighted by atomic mass is 16.2. The molecule has 2 fully saturated rings. The van der Waals surface area contributed by atoms with Crippen LogP contribution in [-0.4, -0.2) is 43.2 Å². The van der Waals surface area contributed by atoms with Gasteiger partial charge in [-0.3, -0.25) is 0 Å². The van der Waals surface area contributed by atoms with E-state index < -0.39 is 0 Å². The van der Waals surface area contributed by atoms with Crippen molar-refractivity contribution >= 4 is 6.03 Å². The summed E-state index contributed by atoms with van der Waals surface area (Å²) in [4.78, 5) is 13.5. The fraction of sp³-hybridized carbons (Fsp3) is 0.900. The normalized spacial score (nSPS) is 31.4. The van der Waals surface area contributed by atoms with E-state index in [-0.39, 0.29) is 6.03 Å². The lowest BCUT2D eigenvalue weighted by Gasteiger charge is -2.24. The Hall–Kier alpha value is -0.770. The molecule has 2 N–H and O–H groups in total. The van der Waals surface area contributed by atoms with Crippen molar-refractivity contribution in [1.82, 2.24) is 15.5 Å². The van der Waals surface area contributed by atoms with Gasteiger partial charge in [0.25, 0.3) is 0 Å². The third kappa shape index (κ3) is 1.85. The molecule has 4 nitrogen and oxygen atoms in total. The predicted molar refractivity (Wildman–Crippen MR) is 55.2 cm³/mol. The van der Waals surface area contributed by atoms with E-state index in [1.807, 2.05) is 11.8 Å². The molecule has 0 aliphatic carbocycles. The van der Waals surface area contributed by atoms with E-state index in [0.29, 0.717) is 12.0 Å². The third-order valence-electron chi connectivity index (χ3n) is 3.21. The average molecular weight is 197 g/mol. The minimum Gasteiger partial charge on any atom is -0.338 e. The van der Waals surface area contributed by atoms with Crippen molar-refractivity contribution in [1.29, 1.82) is 0 Å². The molecule has 2 aliphatic rings. The summed E-state index contributed by atoms with van der Waals surface area (Å²) in [6.07, 6.45) is 2.53. The molecule has 0 bridgehead atoms. The van der Waals surface area contributed by atoms with Crippen LogP contribution in [0.3, 0.4) is 0 Å². The standard InChI is InChI=1S/C10H19N3O/c1-2-11-10(14)13-6-8-4-3-5-12-9(8)7-13/h8-9,12H,2-7H2,1H3,(H,11,14)/t8-,9+/m0/s1. The summed E-state index contributed by atoms with van der Waals surface area (Å²) in [7, 11) is 0. The summed E-state index contributed by atoms with van der Waals surface area (Å²) in [6.45, 7) is 5.61. The number of hydrogen-bond donors (Lipinski definition) is 2. The number of likely N-dealkylation sites (tertiary alicyclic amines) is 1. The van der Waals surface area contributed by atoms with Crippen molar-refractivity contribution in [3.63, 3.8) is 0 Å². The number of rotatable bonds is 1. The molecular weight excluding hydrogens is 178 g/mol. The molecular formula is C10H19N3O. The van der Waals surface area contributed by atoms with Gasteiger partial charge in [0.2, 0.25) is 0 Å². The highest BCUT2D eigenvalue weighted by molar-refractivity contribution is 5.74. The second-order valence-electron chi connectivity index (χ2n) is 4.20. The van der Waals surface area contributed by atoms with Crippen molar-refractivity contribution in [2.75, 3.05) is 26.2 Å². The Bertz CT molecular complexity index is 205. The van der Waals surface area contributed by atoms with Crippen LogP contribution < -0.4 is 10.6 Å². The molecule has 4 heteroatoms. The Morgan fingerprint density at radius 1 is 1.57 bits per heavy atom. The van der Waals surface area contributed by atoms with Gasteiger partial charge in [-0.1, -0.05) is 0 Å². The summed E-state index contributed by atoms with van der Waals surface area (Å²) in [6, 6.07) is 0.648. The first-order chi connectivity index (χ1) is 6.81. The molecule has 0 aromatic heterocycles. The molecule has 2 aliphatic heterocycles. The maximum atomic E-state index is 11.6. The summed E-state index contributed by atoms with van der Waals surface area (Å²) in [5.41, 5.74) is 0. The molecule has 2 rings (SSSR count). The number of fused-ring (bicyclic) bond motifs is 1. The van der Waals surface area contributed by atoms with Crippen molar-refractivity contribution in [2.24, 2.45) is 5.92 Å². The Morgan fingerprint density at radius 3 is 3.14 bits per heavy atom. The monoisotopic (exact) mass is 197 g/mol. The van der Waals surface area contributed by atoms with Gasteiger partial charge in [-0.15, -0.1) is 0 Å².